The van der Waals surface area contributed by atoms with E-state index < -0.39 is 6.04 Å². The molecule has 0 aliphatic heterocycles. The fraction of sp³-hybridized carbons (Fsp3) is 0.533. The van der Waals surface area contributed by atoms with Gasteiger partial charge in [0.15, 0.2) is 0 Å². The van der Waals surface area contributed by atoms with E-state index in [1.165, 1.54) is 0 Å². The molecule has 1 aromatic heterocycles. The molecule has 0 saturated carbocycles. The van der Waals surface area contributed by atoms with Crippen LogP contribution >= 0.6 is 0 Å². The van der Waals surface area contributed by atoms with Gasteiger partial charge >= 0.3 is 0 Å². The molecule has 1 aromatic rings. The minimum absolute atomic E-state index is 0.128. The molecule has 1 unspecified atom stereocenters. The molecule has 108 valence electrons. The minimum atomic E-state index is -0.585. The van der Waals surface area contributed by atoms with Gasteiger partial charge in [-0.3, -0.25) is 9.78 Å². The van der Waals surface area contributed by atoms with Crippen LogP contribution in [0.1, 0.15) is 32.8 Å². The number of aromatic nitrogens is 1. The largest absolute Gasteiger partial charge is 0.336 e. The Kier molecular flexibility index (Phi) is 5.66. The second kappa shape index (κ2) is 7.01. The third kappa shape index (κ3) is 4.63. The molecule has 20 heavy (non-hydrogen) atoms. The van der Waals surface area contributed by atoms with E-state index in [1.54, 1.807) is 17.3 Å². The summed E-state index contributed by atoms with van der Waals surface area (Å²) in [4.78, 5) is 18.1. The Morgan fingerprint density at radius 3 is 2.75 bits per heavy atom. The summed E-state index contributed by atoms with van der Waals surface area (Å²) in [5.41, 5.74) is 6.65. The molecule has 2 N–H and O–H groups in total. The van der Waals surface area contributed by atoms with Crippen molar-refractivity contribution in [2.75, 3.05) is 6.54 Å². The van der Waals surface area contributed by atoms with Crippen LogP contribution in [0.5, 0.6) is 0 Å². The van der Waals surface area contributed by atoms with E-state index >= 15 is 0 Å². The molecule has 5 heteroatoms. The first-order valence-corrected chi connectivity index (χ1v) is 6.66. The lowest BCUT2D eigenvalue weighted by atomic mass is 9.86. The van der Waals surface area contributed by atoms with Crippen LogP contribution in [0.2, 0.25) is 0 Å². The van der Waals surface area contributed by atoms with Crippen LogP contribution in [0.4, 0.5) is 0 Å². The van der Waals surface area contributed by atoms with Gasteiger partial charge in [0, 0.05) is 25.5 Å². The lowest BCUT2D eigenvalue weighted by Gasteiger charge is -2.31. The maximum Gasteiger partial charge on any atom is 0.240 e. The Bertz CT molecular complexity index is 473. The summed E-state index contributed by atoms with van der Waals surface area (Å²) in [6, 6.07) is 5.21. The Balaban J connectivity index is 2.84. The van der Waals surface area contributed by atoms with Crippen molar-refractivity contribution in [3.8, 4) is 6.07 Å². The fourth-order valence-corrected chi connectivity index (χ4v) is 1.73. The van der Waals surface area contributed by atoms with Crippen LogP contribution in [-0.4, -0.2) is 28.4 Å². The van der Waals surface area contributed by atoms with Gasteiger partial charge in [-0.1, -0.05) is 26.8 Å². The van der Waals surface area contributed by atoms with E-state index in [0.29, 0.717) is 19.5 Å². The van der Waals surface area contributed by atoms with Crippen molar-refractivity contribution in [2.24, 2.45) is 11.1 Å². The molecule has 1 rings (SSSR count). The highest BCUT2D eigenvalue weighted by molar-refractivity contribution is 5.82. The second-order valence-electron chi connectivity index (χ2n) is 5.87. The molecule has 0 aliphatic carbocycles. The van der Waals surface area contributed by atoms with Crippen LogP contribution in [0, 0.1) is 16.7 Å². The molecule has 5 nitrogen and oxygen atoms in total. The van der Waals surface area contributed by atoms with E-state index in [2.05, 4.69) is 11.1 Å². The highest BCUT2D eigenvalue weighted by Gasteiger charge is 2.30. The van der Waals surface area contributed by atoms with Crippen molar-refractivity contribution >= 4 is 5.91 Å². The van der Waals surface area contributed by atoms with Crippen molar-refractivity contribution in [1.29, 1.82) is 5.26 Å². The lowest BCUT2D eigenvalue weighted by molar-refractivity contribution is -0.135. The smallest absolute Gasteiger partial charge is 0.240 e. The number of hydrogen-bond acceptors (Lipinski definition) is 4. The van der Waals surface area contributed by atoms with Crippen molar-refractivity contribution < 1.29 is 4.79 Å². The fourth-order valence-electron chi connectivity index (χ4n) is 1.73. The topological polar surface area (TPSA) is 83.0 Å². The van der Waals surface area contributed by atoms with Gasteiger partial charge in [0.1, 0.15) is 0 Å². The normalized spacial score (nSPS) is 12.6. The summed E-state index contributed by atoms with van der Waals surface area (Å²) < 4.78 is 0. The van der Waals surface area contributed by atoms with Gasteiger partial charge in [-0.15, -0.1) is 0 Å². The maximum absolute atomic E-state index is 12.5. The van der Waals surface area contributed by atoms with Crippen molar-refractivity contribution in [1.82, 2.24) is 9.88 Å². The van der Waals surface area contributed by atoms with Crippen LogP contribution in [0.15, 0.2) is 24.5 Å². The molecule has 0 radical (unpaired) electrons. The number of nitriles is 1. The van der Waals surface area contributed by atoms with Gasteiger partial charge in [-0.05, 0) is 17.0 Å². The molecule has 1 atom stereocenters. The summed E-state index contributed by atoms with van der Waals surface area (Å²) in [5, 5.41) is 8.73. The Morgan fingerprint density at radius 2 is 2.25 bits per heavy atom. The van der Waals surface area contributed by atoms with Crippen LogP contribution in [0.3, 0.4) is 0 Å². The molecule has 0 aliphatic rings. The number of nitrogens with two attached hydrogens (primary N) is 1. The maximum atomic E-state index is 12.5. The monoisotopic (exact) mass is 274 g/mol. The molecule has 0 saturated heterocycles. The zero-order valence-electron chi connectivity index (χ0n) is 12.3. The van der Waals surface area contributed by atoms with Crippen LogP contribution in [-0.2, 0) is 11.3 Å². The molecule has 1 heterocycles. The second-order valence-corrected chi connectivity index (χ2v) is 5.87. The lowest BCUT2D eigenvalue weighted by Crippen LogP contribution is -2.50. The zero-order chi connectivity index (χ0) is 15.2. The Hall–Kier alpha value is -1.93. The summed E-state index contributed by atoms with van der Waals surface area (Å²) >= 11 is 0. The van der Waals surface area contributed by atoms with Crippen molar-refractivity contribution in [3.63, 3.8) is 0 Å². The highest BCUT2D eigenvalue weighted by atomic mass is 16.2. The molecule has 1 amide bonds. The average Bonchev–Trinajstić information content (AvgIpc) is 2.42. The first kappa shape index (κ1) is 16.1. The quantitative estimate of drug-likeness (QED) is 0.885. The van der Waals surface area contributed by atoms with Crippen LogP contribution in [0.25, 0.3) is 0 Å². The minimum Gasteiger partial charge on any atom is -0.336 e. The Labute approximate surface area is 120 Å². The van der Waals surface area contributed by atoms with Gasteiger partial charge in [0.2, 0.25) is 5.91 Å². The van der Waals surface area contributed by atoms with E-state index in [-0.39, 0.29) is 11.3 Å². The first-order chi connectivity index (χ1) is 9.36. The number of hydrogen-bond donors (Lipinski definition) is 1. The van der Waals surface area contributed by atoms with Gasteiger partial charge in [-0.25, -0.2) is 0 Å². The van der Waals surface area contributed by atoms with Crippen LogP contribution < -0.4 is 5.73 Å². The summed E-state index contributed by atoms with van der Waals surface area (Å²) in [7, 11) is 0. The van der Waals surface area contributed by atoms with Crippen molar-refractivity contribution in [2.45, 2.75) is 39.8 Å². The molecular weight excluding hydrogens is 252 g/mol. The van der Waals surface area contributed by atoms with Gasteiger partial charge < -0.3 is 10.6 Å². The van der Waals surface area contributed by atoms with Gasteiger partial charge in [0.25, 0.3) is 0 Å². The summed E-state index contributed by atoms with van der Waals surface area (Å²) in [6.45, 7) is 6.61. The molecular formula is C15H22N4O. The SMILES string of the molecule is CC(C)(C)C(N)C(=O)N(CCC#N)Cc1cccnc1. The van der Waals surface area contributed by atoms with E-state index in [9.17, 15) is 4.79 Å². The standard InChI is InChI=1S/C15H22N4O/c1-15(2,3)13(17)14(20)19(9-5-7-16)11-12-6-4-8-18-10-12/h4,6,8,10,13H,5,9,11,17H2,1-3H3. The van der Waals surface area contributed by atoms with Gasteiger partial charge in [0.05, 0.1) is 18.5 Å². The summed E-state index contributed by atoms with van der Waals surface area (Å²) in [6.07, 6.45) is 3.70. The van der Waals surface area contributed by atoms with E-state index in [0.717, 1.165) is 5.56 Å². The number of amides is 1. The first-order valence-electron chi connectivity index (χ1n) is 6.66. The number of carbonyl (C=O) groups excluding carboxylic acids is 1. The van der Waals surface area contributed by atoms with E-state index in [4.69, 9.17) is 11.0 Å². The number of rotatable bonds is 5. The number of nitrogens with zero attached hydrogens (tertiary/aromatic N) is 3. The zero-order valence-corrected chi connectivity index (χ0v) is 12.3. The summed E-state index contributed by atoms with van der Waals surface area (Å²) in [5.74, 6) is -0.128. The average molecular weight is 274 g/mol. The third-order valence-electron chi connectivity index (χ3n) is 3.10. The number of pyridine rings is 1. The van der Waals surface area contributed by atoms with Gasteiger partial charge in [-0.2, -0.15) is 5.26 Å². The highest BCUT2D eigenvalue weighted by Crippen LogP contribution is 2.20. The molecule has 0 bridgehead atoms. The molecule has 0 aromatic carbocycles. The predicted octanol–water partition coefficient (Wildman–Crippen LogP) is 1.70. The predicted molar refractivity (Wildman–Crippen MR) is 77.3 cm³/mol. The Morgan fingerprint density at radius 1 is 1.55 bits per heavy atom. The van der Waals surface area contributed by atoms with Crippen molar-refractivity contribution in [3.05, 3.63) is 30.1 Å². The molecule has 0 spiro atoms. The number of carbonyl (C=O) groups is 1. The molecule has 0 fully saturated rings. The van der Waals surface area contributed by atoms with E-state index in [1.807, 2.05) is 32.9 Å². The third-order valence-corrected chi connectivity index (χ3v) is 3.10.